The molecule has 5 aromatic rings. The molecule has 0 saturated carbocycles. The number of hydrogen-bond acceptors (Lipinski definition) is 7. The highest BCUT2D eigenvalue weighted by atomic mass is 32.2. The fourth-order valence-corrected chi connectivity index (χ4v) is 5.35. The lowest BCUT2D eigenvalue weighted by Crippen LogP contribution is -2.16. The van der Waals surface area contributed by atoms with Crippen molar-refractivity contribution in [2.75, 3.05) is 18.2 Å². The van der Waals surface area contributed by atoms with Crippen molar-refractivity contribution in [3.8, 4) is 27.8 Å². The zero-order valence-corrected chi connectivity index (χ0v) is 21.6. The number of methoxy groups -OCH3 is 1. The number of para-hydroxylation sites is 3. The van der Waals surface area contributed by atoms with Crippen LogP contribution >= 0.6 is 23.1 Å². The van der Waals surface area contributed by atoms with E-state index in [0.29, 0.717) is 16.7 Å². The van der Waals surface area contributed by atoms with E-state index in [1.807, 2.05) is 95.2 Å². The summed E-state index contributed by atoms with van der Waals surface area (Å²) in [6.07, 6.45) is 0. The van der Waals surface area contributed by atoms with Gasteiger partial charge in [0.2, 0.25) is 5.91 Å². The fraction of sp³-hybridized carbons (Fsp3) is 0.154. The van der Waals surface area contributed by atoms with E-state index < -0.39 is 0 Å². The summed E-state index contributed by atoms with van der Waals surface area (Å²) >= 11 is 2.90. The normalized spacial score (nSPS) is 11.0. The maximum absolute atomic E-state index is 13.0. The fourth-order valence-electron chi connectivity index (χ4n) is 3.91. The van der Waals surface area contributed by atoms with E-state index in [1.54, 1.807) is 18.4 Å². The van der Waals surface area contributed by atoms with Crippen LogP contribution in [0.4, 0.5) is 5.69 Å². The second-order valence-electron chi connectivity index (χ2n) is 7.92. The summed E-state index contributed by atoms with van der Waals surface area (Å²) in [4.78, 5) is 14.0. The minimum Gasteiger partial charge on any atom is -0.495 e. The Balaban J connectivity index is 1.39. The molecule has 1 N–H and O–H groups in total. The molecule has 0 spiro atoms. The first-order chi connectivity index (χ1) is 17.6. The molecule has 2 aromatic carbocycles. The van der Waals surface area contributed by atoms with Gasteiger partial charge in [0, 0.05) is 0 Å². The first-order valence-electron chi connectivity index (χ1n) is 11.2. The number of thiophene rings is 1. The van der Waals surface area contributed by atoms with Gasteiger partial charge in [0.05, 0.1) is 46.2 Å². The van der Waals surface area contributed by atoms with E-state index in [2.05, 4.69) is 20.6 Å². The molecule has 3 heterocycles. The highest BCUT2D eigenvalue weighted by Crippen LogP contribution is 2.34. The average molecular weight is 517 g/mol. The number of ether oxygens (including phenoxy) is 1. The number of aromatic nitrogens is 5. The monoisotopic (exact) mass is 516 g/mol. The second kappa shape index (κ2) is 10.4. The molecular weight excluding hydrogens is 492 g/mol. The van der Waals surface area contributed by atoms with Gasteiger partial charge in [-0.15, -0.1) is 21.5 Å². The standard InChI is InChI=1S/C26H24N6O2S2/c1-17-24(18(2)32(30-17)19-10-5-4-6-11-19)27-23(33)16-36-26-29-28-25(22-14-9-15-35-22)31(26)20-12-7-8-13-21(20)34-3/h4-15H,16H2,1-3H3,(H,27,33). The third-order valence-corrected chi connectivity index (χ3v) is 7.38. The van der Waals surface area contributed by atoms with Crippen molar-refractivity contribution in [2.24, 2.45) is 0 Å². The van der Waals surface area contributed by atoms with E-state index in [0.717, 1.165) is 33.3 Å². The number of thioether (sulfide) groups is 1. The first-order valence-corrected chi connectivity index (χ1v) is 13.1. The predicted molar refractivity (Wildman–Crippen MR) is 144 cm³/mol. The Morgan fingerprint density at radius 2 is 1.81 bits per heavy atom. The average Bonchev–Trinajstić information content (AvgIpc) is 3.64. The van der Waals surface area contributed by atoms with Crippen molar-refractivity contribution in [3.05, 3.63) is 83.5 Å². The Labute approximate surface area is 217 Å². The molecule has 10 heteroatoms. The van der Waals surface area contributed by atoms with E-state index >= 15 is 0 Å². The zero-order valence-electron chi connectivity index (χ0n) is 20.0. The van der Waals surface area contributed by atoms with Crippen molar-refractivity contribution in [1.29, 1.82) is 0 Å². The van der Waals surface area contributed by atoms with Crippen LogP contribution in [0.3, 0.4) is 0 Å². The molecular formula is C26H24N6O2S2. The molecule has 8 nitrogen and oxygen atoms in total. The summed E-state index contributed by atoms with van der Waals surface area (Å²) in [5, 5.41) is 19.1. The first kappa shape index (κ1) is 23.8. The van der Waals surface area contributed by atoms with Crippen LogP contribution in [-0.2, 0) is 4.79 Å². The van der Waals surface area contributed by atoms with Gasteiger partial charge in [-0.2, -0.15) is 5.10 Å². The van der Waals surface area contributed by atoms with Crippen molar-refractivity contribution in [2.45, 2.75) is 19.0 Å². The van der Waals surface area contributed by atoms with E-state index in [-0.39, 0.29) is 11.7 Å². The second-order valence-corrected chi connectivity index (χ2v) is 9.81. The van der Waals surface area contributed by atoms with Gasteiger partial charge in [0.15, 0.2) is 11.0 Å². The van der Waals surface area contributed by atoms with E-state index in [9.17, 15) is 4.79 Å². The number of amides is 1. The summed E-state index contributed by atoms with van der Waals surface area (Å²) < 4.78 is 9.37. The minimum atomic E-state index is -0.147. The van der Waals surface area contributed by atoms with Crippen molar-refractivity contribution < 1.29 is 9.53 Å². The van der Waals surface area contributed by atoms with Gasteiger partial charge in [-0.25, -0.2) is 4.68 Å². The smallest absolute Gasteiger partial charge is 0.234 e. The van der Waals surface area contributed by atoms with Crippen LogP contribution < -0.4 is 10.1 Å². The molecule has 182 valence electrons. The lowest BCUT2D eigenvalue weighted by molar-refractivity contribution is -0.113. The lowest BCUT2D eigenvalue weighted by atomic mass is 10.3. The van der Waals surface area contributed by atoms with E-state index in [4.69, 9.17) is 4.74 Å². The van der Waals surface area contributed by atoms with Crippen molar-refractivity contribution >= 4 is 34.7 Å². The molecule has 0 saturated heterocycles. The molecule has 0 atom stereocenters. The van der Waals surface area contributed by atoms with Gasteiger partial charge in [-0.1, -0.05) is 48.2 Å². The van der Waals surface area contributed by atoms with Crippen LogP contribution in [0, 0.1) is 13.8 Å². The van der Waals surface area contributed by atoms with Crippen LogP contribution in [0.1, 0.15) is 11.4 Å². The number of anilines is 1. The molecule has 3 aromatic heterocycles. The van der Waals surface area contributed by atoms with Crippen LogP contribution in [-0.4, -0.2) is 43.3 Å². The van der Waals surface area contributed by atoms with Gasteiger partial charge >= 0.3 is 0 Å². The quantitative estimate of drug-likeness (QED) is 0.273. The SMILES string of the molecule is COc1ccccc1-n1c(SCC(=O)Nc2c(C)nn(-c3ccccc3)c2C)nnc1-c1cccs1. The number of aryl methyl sites for hydroxylation is 1. The molecule has 0 aliphatic heterocycles. The zero-order chi connectivity index (χ0) is 25.1. The van der Waals surface area contributed by atoms with Gasteiger partial charge < -0.3 is 10.1 Å². The number of benzene rings is 2. The summed E-state index contributed by atoms with van der Waals surface area (Å²) in [6.45, 7) is 3.84. The Morgan fingerprint density at radius 1 is 1.03 bits per heavy atom. The van der Waals surface area contributed by atoms with Crippen LogP contribution in [0.15, 0.2) is 77.3 Å². The summed E-state index contributed by atoms with van der Waals surface area (Å²) in [5.74, 6) is 1.41. The van der Waals surface area contributed by atoms with Crippen molar-refractivity contribution in [1.82, 2.24) is 24.5 Å². The summed E-state index contributed by atoms with van der Waals surface area (Å²) in [5.41, 5.74) is 4.10. The largest absolute Gasteiger partial charge is 0.495 e. The minimum absolute atomic E-state index is 0.147. The molecule has 36 heavy (non-hydrogen) atoms. The van der Waals surface area contributed by atoms with Crippen LogP contribution in [0.5, 0.6) is 5.75 Å². The summed E-state index contributed by atoms with van der Waals surface area (Å²) in [6, 6.07) is 21.5. The number of hydrogen-bond donors (Lipinski definition) is 1. The maximum atomic E-state index is 13.0. The van der Waals surface area contributed by atoms with Gasteiger partial charge in [0.25, 0.3) is 0 Å². The Bertz CT molecular complexity index is 1490. The highest BCUT2D eigenvalue weighted by Gasteiger charge is 2.21. The molecule has 0 fully saturated rings. The topological polar surface area (TPSA) is 86.9 Å². The number of carbonyl (C=O) groups is 1. The molecule has 0 radical (unpaired) electrons. The molecule has 1 amide bonds. The highest BCUT2D eigenvalue weighted by molar-refractivity contribution is 7.99. The lowest BCUT2D eigenvalue weighted by Gasteiger charge is -2.13. The van der Waals surface area contributed by atoms with E-state index in [1.165, 1.54) is 11.8 Å². The van der Waals surface area contributed by atoms with Gasteiger partial charge in [0.1, 0.15) is 5.75 Å². The predicted octanol–water partition coefficient (Wildman–Crippen LogP) is 5.54. The van der Waals surface area contributed by atoms with Crippen LogP contribution in [0.25, 0.3) is 22.1 Å². The summed E-state index contributed by atoms with van der Waals surface area (Å²) in [7, 11) is 1.63. The van der Waals surface area contributed by atoms with Gasteiger partial charge in [-0.3, -0.25) is 9.36 Å². The third-order valence-electron chi connectivity index (χ3n) is 5.59. The number of nitrogens with one attached hydrogen (secondary N) is 1. The third kappa shape index (κ3) is 4.65. The van der Waals surface area contributed by atoms with Crippen molar-refractivity contribution in [3.63, 3.8) is 0 Å². The maximum Gasteiger partial charge on any atom is 0.234 e. The molecule has 0 aliphatic carbocycles. The molecule has 0 aliphatic rings. The van der Waals surface area contributed by atoms with Crippen LogP contribution in [0.2, 0.25) is 0 Å². The molecule has 5 rings (SSSR count). The number of carbonyl (C=O) groups excluding carboxylic acids is 1. The number of nitrogens with zero attached hydrogens (tertiary/aromatic N) is 5. The molecule has 0 unspecified atom stereocenters. The number of rotatable bonds is 8. The van der Waals surface area contributed by atoms with Gasteiger partial charge in [-0.05, 0) is 49.6 Å². The Hall–Kier alpha value is -3.89. The Morgan fingerprint density at radius 3 is 2.56 bits per heavy atom. The Kier molecular flexibility index (Phi) is 6.88. The molecule has 0 bridgehead atoms.